The number of ketones is 1. The number of aliphatic carboxylic acids is 1. The standard InChI is InChI=1S/C30H23F6N3O5/c31-29(32,33)19-3-1-2-16(12-19)15-44-21-8-4-17(5-9-21)26(40)22-10-6-18(25(22)28(42)43)14-39-27(41)23-13-20(30(34,35)36)7-11-24(23)37-38-39/h1-5,7-9,11-13,18,22,25H,6,10,14-15H2,(H,42,43). The van der Waals surface area contributed by atoms with Crippen molar-refractivity contribution >= 4 is 22.7 Å². The van der Waals surface area contributed by atoms with Crippen LogP contribution in [0.5, 0.6) is 5.75 Å². The summed E-state index contributed by atoms with van der Waals surface area (Å²) < 4.78 is 84.7. The lowest BCUT2D eigenvalue weighted by molar-refractivity contribution is -0.144. The van der Waals surface area contributed by atoms with E-state index in [9.17, 15) is 45.8 Å². The second-order valence-electron chi connectivity index (χ2n) is 10.5. The Labute approximate surface area is 244 Å². The highest BCUT2D eigenvalue weighted by atomic mass is 19.4. The highest BCUT2D eigenvalue weighted by Gasteiger charge is 2.45. The number of Topliss-reactive ketones (excluding diaryl/α,β-unsaturated/α-hetero) is 1. The molecule has 1 N–H and O–H groups in total. The molecule has 0 amide bonds. The minimum atomic E-state index is -4.69. The van der Waals surface area contributed by atoms with Crippen LogP contribution in [0, 0.1) is 17.8 Å². The predicted molar refractivity (Wildman–Crippen MR) is 143 cm³/mol. The molecule has 1 saturated carbocycles. The SMILES string of the molecule is O=C(c1ccc(OCc2cccc(C(F)(F)F)c2)cc1)C1CCC(Cn2nnc3ccc(C(F)(F)F)cc3c2=O)C1C(=O)O. The van der Waals surface area contributed by atoms with Crippen molar-refractivity contribution in [2.45, 2.75) is 38.3 Å². The average Bonchev–Trinajstić information content (AvgIpc) is 3.40. The van der Waals surface area contributed by atoms with Crippen LogP contribution in [-0.4, -0.2) is 31.9 Å². The molecule has 1 aliphatic rings. The number of carboxylic acid groups (broad SMARTS) is 1. The van der Waals surface area contributed by atoms with Gasteiger partial charge >= 0.3 is 18.3 Å². The molecule has 1 heterocycles. The molecule has 8 nitrogen and oxygen atoms in total. The van der Waals surface area contributed by atoms with Gasteiger partial charge in [0.05, 0.1) is 29.0 Å². The first-order valence-electron chi connectivity index (χ1n) is 13.3. The molecule has 230 valence electrons. The topological polar surface area (TPSA) is 111 Å². The van der Waals surface area contributed by atoms with Crippen LogP contribution < -0.4 is 10.3 Å². The third-order valence-electron chi connectivity index (χ3n) is 7.67. The van der Waals surface area contributed by atoms with Gasteiger partial charge in [0.2, 0.25) is 0 Å². The molecule has 44 heavy (non-hydrogen) atoms. The molecule has 3 aromatic carbocycles. The molecule has 1 aromatic heterocycles. The molecule has 4 aromatic rings. The molecular weight excluding hydrogens is 596 g/mol. The molecule has 3 atom stereocenters. The van der Waals surface area contributed by atoms with Gasteiger partial charge in [0.15, 0.2) is 5.78 Å². The van der Waals surface area contributed by atoms with Crippen molar-refractivity contribution in [3.05, 3.63) is 99.3 Å². The first kappa shape index (κ1) is 30.7. The number of ether oxygens (including phenoxy) is 1. The van der Waals surface area contributed by atoms with Gasteiger partial charge in [-0.2, -0.15) is 26.3 Å². The number of carboxylic acids is 1. The second-order valence-corrected chi connectivity index (χ2v) is 10.5. The van der Waals surface area contributed by atoms with Gasteiger partial charge in [0, 0.05) is 11.5 Å². The Kier molecular flexibility index (Phi) is 8.19. The Hall–Kier alpha value is -4.75. The van der Waals surface area contributed by atoms with Gasteiger partial charge in [0.25, 0.3) is 5.56 Å². The van der Waals surface area contributed by atoms with Crippen molar-refractivity contribution in [2.75, 3.05) is 0 Å². The van der Waals surface area contributed by atoms with Crippen LogP contribution in [0.15, 0.2) is 71.5 Å². The number of rotatable bonds is 8. The van der Waals surface area contributed by atoms with Crippen molar-refractivity contribution in [1.29, 1.82) is 0 Å². The Morgan fingerprint density at radius 1 is 0.909 bits per heavy atom. The van der Waals surface area contributed by atoms with Crippen LogP contribution in [0.3, 0.4) is 0 Å². The van der Waals surface area contributed by atoms with E-state index in [0.717, 1.165) is 28.9 Å². The summed E-state index contributed by atoms with van der Waals surface area (Å²) in [7, 11) is 0. The molecule has 3 unspecified atom stereocenters. The lowest BCUT2D eigenvalue weighted by Crippen LogP contribution is -2.34. The fraction of sp³-hybridized carbons (Fsp3) is 0.300. The first-order valence-corrected chi connectivity index (χ1v) is 13.3. The summed E-state index contributed by atoms with van der Waals surface area (Å²) in [6.45, 7) is -0.418. The minimum absolute atomic E-state index is 0.0456. The fourth-order valence-corrected chi connectivity index (χ4v) is 5.48. The zero-order chi connectivity index (χ0) is 31.8. The van der Waals surface area contributed by atoms with E-state index in [4.69, 9.17) is 4.74 Å². The maximum Gasteiger partial charge on any atom is 0.416 e. The molecule has 14 heteroatoms. The molecule has 1 fully saturated rings. The molecule has 0 radical (unpaired) electrons. The Morgan fingerprint density at radius 3 is 2.25 bits per heavy atom. The summed E-state index contributed by atoms with van der Waals surface area (Å²) in [4.78, 5) is 38.6. The number of fused-ring (bicyclic) bond motifs is 1. The van der Waals surface area contributed by atoms with Gasteiger partial charge in [-0.15, -0.1) is 5.10 Å². The van der Waals surface area contributed by atoms with E-state index in [1.165, 1.54) is 36.4 Å². The Morgan fingerprint density at radius 2 is 1.59 bits per heavy atom. The number of aromatic nitrogens is 3. The summed E-state index contributed by atoms with van der Waals surface area (Å²) in [6, 6.07) is 12.9. The summed E-state index contributed by atoms with van der Waals surface area (Å²) >= 11 is 0. The molecule has 0 spiro atoms. The van der Waals surface area contributed by atoms with Crippen LogP contribution in [-0.2, 0) is 30.3 Å². The average molecular weight is 620 g/mol. The van der Waals surface area contributed by atoms with Gasteiger partial charge < -0.3 is 9.84 Å². The number of carbonyl (C=O) groups excluding carboxylic acids is 1. The van der Waals surface area contributed by atoms with Crippen LogP contribution in [0.1, 0.15) is 39.9 Å². The monoisotopic (exact) mass is 619 g/mol. The van der Waals surface area contributed by atoms with Crippen LogP contribution in [0.2, 0.25) is 0 Å². The molecule has 0 aliphatic heterocycles. The second kappa shape index (κ2) is 11.7. The summed E-state index contributed by atoms with van der Waals surface area (Å²) in [5.74, 6) is -4.34. The smallest absolute Gasteiger partial charge is 0.416 e. The number of hydrogen-bond acceptors (Lipinski definition) is 6. The van der Waals surface area contributed by atoms with Crippen LogP contribution >= 0.6 is 0 Å². The van der Waals surface area contributed by atoms with Gasteiger partial charge in [-0.1, -0.05) is 17.3 Å². The predicted octanol–water partition coefficient (Wildman–Crippen LogP) is 6.02. The Bertz CT molecular complexity index is 1770. The van der Waals surface area contributed by atoms with E-state index in [2.05, 4.69) is 10.3 Å². The van der Waals surface area contributed by atoms with Crippen LogP contribution in [0.4, 0.5) is 26.3 Å². The van der Waals surface area contributed by atoms with Crippen LogP contribution in [0.25, 0.3) is 10.9 Å². The van der Waals surface area contributed by atoms with E-state index < -0.39 is 58.5 Å². The third-order valence-corrected chi connectivity index (χ3v) is 7.67. The number of benzene rings is 3. The third kappa shape index (κ3) is 6.43. The number of halogens is 6. The van der Waals surface area contributed by atoms with E-state index in [1.807, 2.05) is 0 Å². The zero-order valence-corrected chi connectivity index (χ0v) is 22.6. The number of carbonyl (C=O) groups is 2. The molecule has 1 aliphatic carbocycles. The quantitative estimate of drug-likeness (QED) is 0.190. The van der Waals surface area contributed by atoms with E-state index in [1.54, 1.807) is 0 Å². The maximum atomic E-state index is 13.3. The van der Waals surface area contributed by atoms with E-state index in [0.29, 0.717) is 6.07 Å². The minimum Gasteiger partial charge on any atom is -0.489 e. The van der Waals surface area contributed by atoms with Crippen molar-refractivity contribution in [1.82, 2.24) is 15.0 Å². The maximum absolute atomic E-state index is 13.3. The number of hydrogen-bond donors (Lipinski definition) is 1. The van der Waals surface area contributed by atoms with Crippen molar-refractivity contribution < 1.29 is 45.8 Å². The summed E-state index contributed by atoms with van der Waals surface area (Å²) in [6.07, 6.45) is -8.76. The van der Waals surface area contributed by atoms with Gasteiger partial charge in [0.1, 0.15) is 17.9 Å². The van der Waals surface area contributed by atoms with Gasteiger partial charge in [-0.05, 0) is 78.9 Å². The lowest BCUT2D eigenvalue weighted by Gasteiger charge is -2.20. The van der Waals surface area contributed by atoms with Crippen molar-refractivity contribution in [3.8, 4) is 5.75 Å². The number of nitrogens with zero attached hydrogens (tertiary/aromatic N) is 3. The molecule has 5 rings (SSSR count). The van der Waals surface area contributed by atoms with Gasteiger partial charge in [-0.3, -0.25) is 14.4 Å². The normalized spacial score (nSPS) is 18.8. The molecular formula is C30H23F6N3O5. The number of alkyl halides is 6. The van der Waals surface area contributed by atoms with E-state index in [-0.39, 0.29) is 53.8 Å². The van der Waals surface area contributed by atoms with Gasteiger partial charge in [-0.25, -0.2) is 4.68 Å². The molecule has 0 bridgehead atoms. The molecule has 0 saturated heterocycles. The van der Waals surface area contributed by atoms with E-state index >= 15 is 0 Å². The largest absolute Gasteiger partial charge is 0.489 e. The highest BCUT2D eigenvalue weighted by Crippen LogP contribution is 2.40. The Balaban J connectivity index is 1.29. The fourth-order valence-electron chi connectivity index (χ4n) is 5.48. The zero-order valence-electron chi connectivity index (χ0n) is 22.6. The lowest BCUT2D eigenvalue weighted by atomic mass is 9.84. The van der Waals surface area contributed by atoms with Crippen molar-refractivity contribution in [3.63, 3.8) is 0 Å². The van der Waals surface area contributed by atoms with Crippen molar-refractivity contribution in [2.24, 2.45) is 17.8 Å². The summed E-state index contributed by atoms with van der Waals surface area (Å²) in [5.41, 5.74) is -2.27. The summed E-state index contributed by atoms with van der Waals surface area (Å²) in [5, 5.41) is 17.3. The highest BCUT2D eigenvalue weighted by molar-refractivity contribution is 6.00. The first-order chi connectivity index (χ1) is 20.7.